The second-order valence-electron chi connectivity index (χ2n) is 6.01. The van der Waals surface area contributed by atoms with Crippen LogP contribution in [0.4, 0.5) is 5.69 Å². The summed E-state index contributed by atoms with van der Waals surface area (Å²) in [7, 11) is 4.00. The Kier molecular flexibility index (Phi) is 5.81. The molecule has 5 heteroatoms. The summed E-state index contributed by atoms with van der Waals surface area (Å²) in [5.74, 6) is 0.401. The predicted octanol–water partition coefficient (Wildman–Crippen LogP) is 1.68. The highest BCUT2D eigenvalue weighted by Gasteiger charge is 2.28. The first-order valence-electron chi connectivity index (χ1n) is 7.87. The van der Waals surface area contributed by atoms with Crippen LogP contribution >= 0.6 is 0 Å². The van der Waals surface area contributed by atoms with E-state index in [-0.39, 0.29) is 17.7 Å². The molecular formula is C17H25N3O2. The molecule has 0 aromatic heterocycles. The monoisotopic (exact) mass is 303 g/mol. The van der Waals surface area contributed by atoms with Crippen LogP contribution in [0.15, 0.2) is 24.3 Å². The lowest BCUT2D eigenvalue weighted by Crippen LogP contribution is -2.28. The first-order valence-corrected chi connectivity index (χ1v) is 7.87. The summed E-state index contributed by atoms with van der Waals surface area (Å²) >= 11 is 0. The topological polar surface area (TPSA) is 61.4 Å². The van der Waals surface area contributed by atoms with Crippen molar-refractivity contribution in [2.75, 3.05) is 25.5 Å². The van der Waals surface area contributed by atoms with E-state index in [0.717, 1.165) is 24.1 Å². The number of hydrogen-bond donors (Lipinski definition) is 2. The summed E-state index contributed by atoms with van der Waals surface area (Å²) in [6.07, 6.45) is 3.16. The van der Waals surface area contributed by atoms with Gasteiger partial charge in [0.1, 0.15) is 0 Å². The highest BCUT2D eigenvalue weighted by atomic mass is 16.2. The van der Waals surface area contributed by atoms with Gasteiger partial charge in [0, 0.05) is 45.2 Å². The Labute approximate surface area is 132 Å². The molecule has 2 amide bonds. The average molecular weight is 303 g/mol. The Morgan fingerprint density at radius 1 is 1.14 bits per heavy atom. The van der Waals surface area contributed by atoms with Crippen LogP contribution in [0, 0.1) is 5.92 Å². The van der Waals surface area contributed by atoms with Gasteiger partial charge in [-0.1, -0.05) is 12.1 Å². The predicted molar refractivity (Wildman–Crippen MR) is 87.6 cm³/mol. The molecule has 1 saturated carbocycles. The minimum Gasteiger partial charge on any atom is -0.378 e. The first-order chi connectivity index (χ1) is 10.6. The van der Waals surface area contributed by atoms with Crippen molar-refractivity contribution in [3.63, 3.8) is 0 Å². The molecule has 0 radical (unpaired) electrons. The molecule has 1 aliphatic rings. The minimum atomic E-state index is 0.0253. The smallest absolute Gasteiger partial charge is 0.223 e. The molecule has 1 fully saturated rings. The zero-order chi connectivity index (χ0) is 15.9. The SMILES string of the molecule is CN(C)c1ccc(CNC(=O)CCCNC(=O)C2CC2)cc1. The van der Waals surface area contributed by atoms with Gasteiger partial charge in [0.2, 0.25) is 11.8 Å². The van der Waals surface area contributed by atoms with Crippen molar-refractivity contribution in [1.29, 1.82) is 0 Å². The largest absolute Gasteiger partial charge is 0.378 e. The van der Waals surface area contributed by atoms with Crippen molar-refractivity contribution in [1.82, 2.24) is 10.6 Å². The van der Waals surface area contributed by atoms with Crippen molar-refractivity contribution in [2.45, 2.75) is 32.2 Å². The van der Waals surface area contributed by atoms with E-state index < -0.39 is 0 Å². The van der Waals surface area contributed by atoms with E-state index >= 15 is 0 Å². The van der Waals surface area contributed by atoms with Crippen molar-refractivity contribution in [3.8, 4) is 0 Å². The molecule has 1 aromatic carbocycles. The summed E-state index contributed by atoms with van der Waals surface area (Å²) < 4.78 is 0. The Morgan fingerprint density at radius 2 is 1.82 bits per heavy atom. The molecule has 0 heterocycles. The molecule has 120 valence electrons. The van der Waals surface area contributed by atoms with Gasteiger partial charge in [-0.2, -0.15) is 0 Å². The van der Waals surface area contributed by atoms with Gasteiger partial charge in [-0.15, -0.1) is 0 Å². The molecule has 2 N–H and O–H groups in total. The maximum Gasteiger partial charge on any atom is 0.223 e. The van der Waals surface area contributed by atoms with Gasteiger partial charge < -0.3 is 15.5 Å². The van der Waals surface area contributed by atoms with Crippen LogP contribution < -0.4 is 15.5 Å². The Bertz CT molecular complexity index is 507. The number of carbonyl (C=O) groups is 2. The maximum absolute atomic E-state index is 11.8. The van der Waals surface area contributed by atoms with Gasteiger partial charge >= 0.3 is 0 Å². The summed E-state index contributed by atoms with van der Waals surface area (Å²) in [5.41, 5.74) is 2.22. The fourth-order valence-electron chi connectivity index (χ4n) is 2.15. The van der Waals surface area contributed by atoms with Gasteiger partial charge in [-0.05, 0) is 37.0 Å². The Balaban J connectivity index is 1.59. The number of rotatable bonds is 8. The summed E-state index contributed by atoms with van der Waals surface area (Å²) in [4.78, 5) is 25.2. The third-order valence-corrected chi connectivity index (χ3v) is 3.77. The van der Waals surface area contributed by atoms with E-state index in [0.29, 0.717) is 25.9 Å². The number of anilines is 1. The molecule has 2 rings (SSSR count). The summed E-state index contributed by atoms with van der Waals surface area (Å²) in [6, 6.07) is 8.11. The van der Waals surface area contributed by atoms with E-state index in [9.17, 15) is 9.59 Å². The molecule has 0 bridgehead atoms. The molecule has 0 atom stereocenters. The molecular weight excluding hydrogens is 278 g/mol. The van der Waals surface area contributed by atoms with Crippen LogP contribution in [0.25, 0.3) is 0 Å². The number of nitrogens with zero attached hydrogens (tertiary/aromatic N) is 1. The molecule has 1 aliphatic carbocycles. The molecule has 1 aromatic rings. The maximum atomic E-state index is 11.8. The van der Waals surface area contributed by atoms with E-state index in [4.69, 9.17) is 0 Å². The first kappa shape index (κ1) is 16.3. The molecule has 0 spiro atoms. The number of carbonyl (C=O) groups excluding carboxylic acids is 2. The molecule has 0 unspecified atom stereocenters. The molecule has 5 nitrogen and oxygen atoms in total. The van der Waals surface area contributed by atoms with Gasteiger partial charge in [0.05, 0.1) is 0 Å². The standard InChI is InChI=1S/C17H25N3O2/c1-20(2)15-9-5-13(6-10-15)12-19-16(21)4-3-11-18-17(22)14-7-8-14/h5-6,9-10,14H,3-4,7-8,11-12H2,1-2H3,(H,18,22)(H,19,21). The average Bonchev–Trinajstić information content (AvgIpc) is 3.34. The molecule has 0 aliphatic heterocycles. The van der Waals surface area contributed by atoms with E-state index in [1.54, 1.807) is 0 Å². The van der Waals surface area contributed by atoms with Gasteiger partial charge in [0.15, 0.2) is 0 Å². The number of amides is 2. The van der Waals surface area contributed by atoms with Gasteiger partial charge in [0.25, 0.3) is 0 Å². The lowest BCUT2D eigenvalue weighted by molar-refractivity contribution is -0.123. The third kappa shape index (κ3) is 5.39. The lowest BCUT2D eigenvalue weighted by Gasteiger charge is -2.13. The van der Waals surface area contributed by atoms with E-state index in [1.165, 1.54) is 0 Å². The van der Waals surface area contributed by atoms with Crippen molar-refractivity contribution < 1.29 is 9.59 Å². The van der Waals surface area contributed by atoms with Crippen molar-refractivity contribution in [3.05, 3.63) is 29.8 Å². The zero-order valence-corrected chi connectivity index (χ0v) is 13.4. The van der Waals surface area contributed by atoms with E-state index in [2.05, 4.69) is 10.6 Å². The summed E-state index contributed by atoms with van der Waals surface area (Å²) in [5, 5.41) is 5.77. The lowest BCUT2D eigenvalue weighted by atomic mass is 10.2. The number of nitrogens with one attached hydrogen (secondary N) is 2. The third-order valence-electron chi connectivity index (χ3n) is 3.77. The minimum absolute atomic E-state index is 0.0253. The Morgan fingerprint density at radius 3 is 2.41 bits per heavy atom. The fraction of sp³-hybridized carbons (Fsp3) is 0.529. The number of benzene rings is 1. The van der Waals surface area contributed by atoms with Crippen LogP contribution in [-0.4, -0.2) is 32.5 Å². The van der Waals surface area contributed by atoms with Gasteiger partial charge in [-0.25, -0.2) is 0 Å². The zero-order valence-electron chi connectivity index (χ0n) is 13.4. The van der Waals surface area contributed by atoms with Crippen LogP contribution in [0.1, 0.15) is 31.2 Å². The van der Waals surface area contributed by atoms with Gasteiger partial charge in [-0.3, -0.25) is 9.59 Å². The quantitative estimate of drug-likeness (QED) is 0.718. The highest BCUT2D eigenvalue weighted by molar-refractivity contribution is 5.81. The van der Waals surface area contributed by atoms with Crippen molar-refractivity contribution in [2.24, 2.45) is 5.92 Å². The summed E-state index contributed by atoms with van der Waals surface area (Å²) in [6.45, 7) is 1.13. The fourth-order valence-corrected chi connectivity index (χ4v) is 2.15. The second kappa shape index (κ2) is 7.82. The molecule has 0 saturated heterocycles. The van der Waals surface area contributed by atoms with E-state index in [1.807, 2.05) is 43.3 Å². The molecule has 22 heavy (non-hydrogen) atoms. The Hall–Kier alpha value is -2.04. The van der Waals surface area contributed by atoms with Crippen LogP contribution in [0.5, 0.6) is 0 Å². The second-order valence-corrected chi connectivity index (χ2v) is 6.01. The normalized spacial score (nSPS) is 13.5. The van der Waals surface area contributed by atoms with Crippen LogP contribution in [0.3, 0.4) is 0 Å². The van der Waals surface area contributed by atoms with Crippen LogP contribution in [0.2, 0.25) is 0 Å². The number of hydrogen-bond acceptors (Lipinski definition) is 3. The highest BCUT2D eigenvalue weighted by Crippen LogP contribution is 2.28. The van der Waals surface area contributed by atoms with Crippen molar-refractivity contribution >= 4 is 17.5 Å². The van der Waals surface area contributed by atoms with Crippen LogP contribution in [-0.2, 0) is 16.1 Å².